The number of benzene rings is 2. The summed E-state index contributed by atoms with van der Waals surface area (Å²) in [7, 11) is 0. The van der Waals surface area contributed by atoms with Crippen LogP contribution in [0.15, 0.2) is 48.5 Å². The second-order valence-corrected chi connectivity index (χ2v) is 7.92. The van der Waals surface area contributed by atoms with Crippen LogP contribution in [-0.4, -0.2) is 49.1 Å². The molecule has 3 rings (SSSR count). The van der Waals surface area contributed by atoms with Gasteiger partial charge in [-0.05, 0) is 41.5 Å². The monoisotopic (exact) mass is 454 g/mol. The molecule has 8 nitrogen and oxygen atoms in total. The van der Waals surface area contributed by atoms with E-state index in [4.69, 9.17) is 9.47 Å². The van der Waals surface area contributed by atoms with E-state index >= 15 is 0 Å². The van der Waals surface area contributed by atoms with Crippen LogP contribution in [0.4, 0.5) is 9.59 Å². The lowest BCUT2D eigenvalue weighted by Gasteiger charge is -2.17. The van der Waals surface area contributed by atoms with Crippen LogP contribution in [0.1, 0.15) is 49.7 Å². The van der Waals surface area contributed by atoms with E-state index < -0.39 is 24.2 Å². The third-order valence-corrected chi connectivity index (χ3v) is 5.60. The Bertz CT molecular complexity index is 931. The Morgan fingerprint density at radius 1 is 0.939 bits per heavy atom. The quantitative estimate of drug-likeness (QED) is 0.437. The van der Waals surface area contributed by atoms with Crippen molar-refractivity contribution in [2.24, 2.45) is 0 Å². The Hall–Kier alpha value is -3.55. The summed E-state index contributed by atoms with van der Waals surface area (Å²) in [5.74, 6) is -1.26. The fourth-order valence-corrected chi connectivity index (χ4v) is 3.90. The van der Waals surface area contributed by atoms with Gasteiger partial charge >= 0.3 is 18.2 Å². The first-order chi connectivity index (χ1) is 16.0. The van der Waals surface area contributed by atoms with Crippen molar-refractivity contribution < 1.29 is 29.0 Å². The third-order valence-electron chi connectivity index (χ3n) is 5.60. The normalized spacial score (nSPS) is 12.9. The number of ether oxygens (including phenoxy) is 2. The van der Waals surface area contributed by atoms with Gasteiger partial charge in [-0.25, -0.2) is 14.4 Å². The summed E-state index contributed by atoms with van der Waals surface area (Å²) in [6.45, 7) is 2.71. The van der Waals surface area contributed by atoms with Crippen molar-refractivity contribution in [3.63, 3.8) is 0 Å². The van der Waals surface area contributed by atoms with Crippen molar-refractivity contribution in [3.05, 3.63) is 59.7 Å². The molecule has 3 N–H and O–H groups in total. The highest BCUT2D eigenvalue weighted by atomic mass is 16.6. The first-order valence-electron chi connectivity index (χ1n) is 11.3. The zero-order chi connectivity index (χ0) is 23.6. The first kappa shape index (κ1) is 24.1. The number of rotatable bonds is 11. The molecule has 1 unspecified atom stereocenters. The average molecular weight is 455 g/mol. The number of fused-ring (bicyclic) bond motifs is 3. The molecule has 2 aromatic rings. The number of unbranched alkanes of at least 4 members (excludes halogenated alkanes) is 1. The first-order valence-corrected chi connectivity index (χ1v) is 11.3. The predicted octanol–water partition coefficient (Wildman–Crippen LogP) is 4.28. The number of hydrogen-bond acceptors (Lipinski definition) is 5. The predicted molar refractivity (Wildman–Crippen MR) is 123 cm³/mol. The van der Waals surface area contributed by atoms with Crippen molar-refractivity contribution >= 4 is 18.2 Å². The van der Waals surface area contributed by atoms with Crippen molar-refractivity contribution in [2.75, 3.05) is 19.8 Å². The summed E-state index contributed by atoms with van der Waals surface area (Å²) in [6, 6.07) is 14.9. The van der Waals surface area contributed by atoms with Gasteiger partial charge in [-0.1, -0.05) is 61.9 Å². The van der Waals surface area contributed by atoms with Crippen LogP contribution in [0.3, 0.4) is 0 Å². The van der Waals surface area contributed by atoms with E-state index in [2.05, 4.69) is 10.6 Å². The summed E-state index contributed by atoms with van der Waals surface area (Å²) in [5.41, 5.74) is 4.40. The minimum absolute atomic E-state index is 0.102. The number of alkyl carbamates (subject to hydrolysis) is 2. The third kappa shape index (κ3) is 6.47. The van der Waals surface area contributed by atoms with Crippen LogP contribution < -0.4 is 10.6 Å². The minimum Gasteiger partial charge on any atom is -0.480 e. The van der Waals surface area contributed by atoms with E-state index in [1.807, 2.05) is 55.5 Å². The van der Waals surface area contributed by atoms with E-state index in [9.17, 15) is 19.5 Å². The van der Waals surface area contributed by atoms with Crippen LogP contribution in [0.2, 0.25) is 0 Å². The van der Waals surface area contributed by atoms with E-state index in [-0.39, 0.29) is 25.5 Å². The lowest BCUT2D eigenvalue weighted by molar-refractivity contribution is -0.139. The maximum atomic E-state index is 12.3. The fourth-order valence-electron chi connectivity index (χ4n) is 3.90. The van der Waals surface area contributed by atoms with Crippen molar-refractivity contribution in [1.29, 1.82) is 0 Å². The molecule has 0 saturated heterocycles. The molecule has 0 radical (unpaired) electrons. The summed E-state index contributed by atoms with van der Waals surface area (Å²) in [6.07, 6.45) is 0.919. The second-order valence-electron chi connectivity index (χ2n) is 7.92. The fraction of sp³-hybridized carbons (Fsp3) is 0.400. The van der Waals surface area contributed by atoms with E-state index in [0.717, 1.165) is 35.1 Å². The lowest BCUT2D eigenvalue weighted by atomic mass is 9.98. The van der Waals surface area contributed by atoms with Gasteiger partial charge in [-0.2, -0.15) is 0 Å². The smallest absolute Gasteiger partial charge is 0.407 e. The van der Waals surface area contributed by atoms with Crippen LogP contribution in [0, 0.1) is 0 Å². The minimum atomic E-state index is -1.16. The van der Waals surface area contributed by atoms with E-state index in [1.165, 1.54) is 0 Å². The van der Waals surface area contributed by atoms with E-state index in [0.29, 0.717) is 13.0 Å². The number of carboxylic acid groups (broad SMARTS) is 1. The molecule has 1 atom stereocenters. The maximum absolute atomic E-state index is 12.3. The number of carbonyl (C=O) groups is 3. The van der Waals surface area contributed by atoms with Gasteiger partial charge in [0.2, 0.25) is 0 Å². The highest BCUT2D eigenvalue weighted by Crippen LogP contribution is 2.44. The van der Waals surface area contributed by atoms with Crippen molar-refractivity contribution in [1.82, 2.24) is 10.6 Å². The van der Waals surface area contributed by atoms with Crippen molar-refractivity contribution in [3.8, 4) is 11.1 Å². The maximum Gasteiger partial charge on any atom is 0.407 e. The molecule has 176 valence electrons. The molecule has 0 aromatic heterocycles. The number of carboxylic acids is 1. The van der Waals surface area contributed by atoms with Crippen LogP contribution in [0.5, 0.6) is 0 Å². The molecule has 0 saturated carbocycles. The molecule has 0 fully saturated rings. The largest absolute Gasteiger partial charge is 0.480 e. The van der Waals surface area contributed by atoms with Gasteiger partial charge in [0.15, 0.2) is 0 Å². The van der Waals surface area contributed by atoms with Gasteiger partial charge in [0.25, 0.3) is 0 Å². The Kier molecular flexibility index (Phi) is 8.69. The van der Waals surface area contributed by atoms with Gasteiger partial charge in [-0.3, -0.25) is 0 Å². The average Bonchev–Trinajstić information content (AvgIpc) is 3.13. The highest BCUT2D eigenvalue weighted by Gasteiger charge is 2.29. The van der Waals surface area contributed by atoms with Crippen LogP contribution in [-0.2, 0) is 14.3 Å². The SMILES string of the molecule is CCCCOC(=O)NCCCC(NC(=O)OCC1c2ccccc2-c2ccccc21)C(=O)O. The molecule has 1 aliphatic carbocycles. The topological polar surface area (TPSA) is 114 Å². The number of amides is 2. The Labute approximate surface area is 193 Å². The van der Waals surface area contributed by atoms with Gasteiger partial charge in [0, 0.05) is 12.5 Å². The summed E-state index contributed by atoms with van der Waals surface area (Å²) in [4.78, 5) is 35.4. The Morgan fingerprint density at radius 2 is 1.58 bits per heavy atom. The molecular formula is C25H30N2O6. The zero-order valence-electron chi connectivity index (χ0n) is 18.7. The lowest BCUT2D eigenvalue weighted by Crippen LogP contribution is -2.42. The Balaban J connectivity index is 1.47. The van der Waals surface area contributed by atoms with Crippen LogP contribution in [0.25, 0.3) is 11.1 Å². The summed E-state index contributed by atoms with van der Waals surface area (Å²) < 4.78 is 10.4. The molecule has 33 heavy (non-hydrogen) atoms. The molecule has 0 bridgehead atoms. The Morgan fingerprint density at radius 3 is 2.18 bits per heavy atom. The van der Waals surface area contributed by atoms with Gasteiger partial charge in [0.1, 0.15) is 12.6 Å². The molecule has 2 amide bonds. The number of hydrogen-bond donors (Lipinski definition) is 3. The summed E-state index contributed by atoms with van der Waals surface area (Å²) >= 11 is 0. The summed E-state index contributed by atoms with van der Waals surface area (Å²) in [5, 5.41) is 14.4. The molecule has 0 aliphatic heterocycles. The number of aliphatic carboxylic acids is 1. The highest BCUT2D eigenvalue weighted by molar-refractivity contribution is 5.81. The second kappa shape index (κ2) is 11.9. The molecule has 2 aromatic carbocycles. The molecule has 1 aliphatic rings. The number of nitrogens with one attached hydrogen (secondary N) is 2. The number of carbonyl (C=O) groups excluding carboxylic acids is 2. The molecule has 0 spiro atoms. The van der Waals surface area contributed by atoms with Crippen molar-refractivity contribution in [2.45, 2.75) is 44.6 Å². The molecule has 0 heterocycles. The van der Waals surface area contributed by atoms with Gasteiger partial charge in [0.05, 0.1) is 6.61 Å². The molecule has 8 heteroatoms. The van der Waals surface area contributed by atoms with Gasteiger partial charge < -0.3 is 25.2 Å². The molecular weight excluding hydrogens is 424 g/mol. The van der Waals surface area contributed by atoms with Gasteiger partial charge in [-0.15, -0.1) is 0 Å². The van der Waals surface area contributed by atoms with E-state index in [1.54, 1.807) is 0 Å². The zero-order valence-corrected chi connectivity index (χ0v) is 18.7. The standard InChI is InChI=1S/C25H30N2O6/c1-2-3-15-32-24(30)26-14-8-13-22(23(28)29)27-25(31)33-16-21-19-11-6-4-9-17(19)18-10-5-7-12-20(18)21/h4-7,9-12,21-22H,2-3,8,13-16H2,1H3,(H,26,30)(H,27,31)(H,28,29). The van der Waals surface area contributed by atoms with Crippen LogP contribution >= 0.6 is 0 Å².